The number of amides is 1. The first kappa shape index (κ1) is 24.3. The van der Waals surface area contributed by atoms with Crippen LogP contribution in [0.5, 0.6) is 0 Å². The Morgan fingerprint density at radius 1 is 1.21 bits per heavy atom. The molecule has 3 aliphatic rings. The molecule has 3 atom stereocenters. The van der Waals surface area contributed by atoms with Gasteiger partial charge >= 0.3 is 0 Å². The van der Waals surface area contributed by atoms with E-state index in [9.17, 15) is 9.18 Å². The van der Waals surface area contributed by atoms with Gasteiger partial charge in [-0.1, -0.05) is 42.1 Å². The van der Waals surface area contributed by atoms with Crippen LogP contribution in [0, 0.1) is 23.1 Å². The molecular weight excluding hydrogens is 504 g/mol. The van der Waals surface area contributed by atoms with Gasteiger partial charge in [0.2, 0.25) is 5.91 Å². The summed E-state index contributed by atoms with van der Waals surface area (Å²) in [6.45, 7) is 2.87. The Hall–Kier alpha value is -4.03. The topological polar surface area (TPSA) is 95.4 Å². The second kappa shape index (κ2) is 8.77. The maximum atomic E-state index is 15.3. The van der Waals surface area contributed by atoms with E-state index in [-0.39, 0.29) is 28.3 Å². The fourth-order valence-corrected chi connectivity index (χ4v) is 7.09. The molecule has 1 amide bonds. The maximum absolute atomic E-state index is 15.3. The molecule has 2 aromatic carbocycles. The predicted octanol–water partition coefficient (Wildman–Crippen LogP) is 5.14. The van der Waals surface area contributed by atoms with Crippen molar-refractivity contribution in [2.45, 2.75) is 36.7 Å². The zero-order valence-corrected chi connectivity index (χ0v) is 21.3. The summed E-state index contributed by atoms with van der Waals surface area (Å²) in [6.07, 6.45) is 3.07. The van der Waals surface area contributed by atoms with E-state index in [1.807, 2.05) is 35.2 Å². The molecule has 1 saturated carbocycles. The fourth-order valence-electron chi connectivity index (χ4n) is 5.64. The number of aromatic nitrogens is 1. The molecule has 1 fully saturated rings. The fraction of sp³-hybridized carbons (Fsp3) is 0.241. The van der Waals surface area contributed by atoms with Crippen molar-refractivity contribution in [2.24, 2.45) is 16.6 Å². The van der Waals surface area contributed by atoms with Crippen LogP contribution in [0.15, 0.2) is 65.8 Å². The minimum atomic E-state index is -1.09. The number of carbonyl (C=O) groups is 1. The number of thioether (sulfide) groups is 1. The summed E-state index contributed by atoms with van der Waals surface area (Å²) < 4.78 is 29.4. The van der Waals surface area contributed by atoms with Gasteiger partial charge in [-0.15, -0.1) is 0 Å². The highest BCUT2D eigenvalue weighted by molar-refractivity contribution is 8.15. The standard InChI is InChI=1S/C29H23F2N5OS/c1-28(21-10-17(6-8-22(21)30)11-23(31)24-9-7-18(13-32)14-34-24)25-12-29(25,38-27(33)35-28)26(37)36-15-19-4-2-3-5-20(19)16-36/h2-11,14,25H,12,15-16H2,1H3,(H2,33,35)/t25-,28+,29-/m0/s1. The molecule has 0 spiro atoms. The Kier molecular flexibility index (Phi) is 5.61. The van der Waals surface area contributed by atoms with Crippen LogP contribution in [0.1, 0.15) is 46.9 Å². The second-order valence-electron chi connectivity index (χ2n) is 10.1. The van der Waals surface area contributed by atoms with E-state index >= 15 is 4.39 Å². The van der Waals surface area contributed by atoms with Crippen LogP contribution in [-0.2, 0) is 23.4 Å². The van der Waals surface area contributed by atoms with Crippen LogP contribution in [0.2, 0.25) is 0 Å². The predicted molar refractivity (Wildman–Crippen MR) is 142 cm³/mol. The molecule has 2 N–H and O–H groups in total. The minimum absolute atomic E-state index is 0.0119. The maximum Gasteiger partial charge on any atom is 0.240 e. The van der Waals surface area contributed by atoms with Crippen molar-refractivity contribution < 1.29 is 13.6 Å². The van der Waals surface area contributed by atoms with Crippen LogP contribution in [0.4, 0.5) is 8.78 Å². The molecule has 0 saturated heterocycles. The van der Waals surface area contributed by atoms with Crippen LogP contribution < -0.4 is 5.73 Å². The SMILES string of the molecule is C[C@]1(c2cc(C=C(F)c3ccc(C#N)cn3)ccc2F)N=C(N)S[C@@]2(C(=O)N3Cc4ccccc4C3)C[C@H]21. The van der Waals surface area contributed by atoms with Gasteiger partial charge < -0.3 is 10.6 Å². The number of carbonyl (C=O) groups excluding carboxylic acids is 1. The number of rotatable bonds is 4. The lowest BCUT2D eigenvalue weighted by Gasteiger charge is -2.35. The molecule has 3 aromatic rings. The van der Waals surface area contributed by atoms with Gasteiger partial charge in [0, 0.05) is 30.8 Å². The molecule has 1 aliphatic carbocycles. The van der Waals surface area contributed by atoms with E-state index in [0.717, 1.165) is 11.1 Å². The van der Waals surface area contributed by atoms with Gasteiger partial charge in [0.15, 0.2) is 5.17 Å². The van der Waals surface area contributed by atoms with Gasteiger partial charge in [-0.3, -0.25) is 14.8 Å². The van der Waals surface area contributed by atoms with Crippen LogP contribution in [0.25, 0.3) is 11.9 Å². The van der Waals surface area contributed by atoms with Gasteiger partial charge in [0.25, 0.3) is 0 Å². The van der Waals surface area contributed by atoms with Crippen molar-refractivity contribution in [1.29, 1.82) is 5.26 Å². The number of hydrogen-bond acceptors (Lipinski definition) is 6. The summed E-state index contributed by atoms with van der Waals surface area (Å²) in [5.74, 6) is -1.39. The third-order valence-electron chi connectivity index (χ3n) is 7.67. The van der Waals surface area contributed by atoms with E-state index < -0.39 is 21.9 Å². The number of benzene rings is 2. The highest BCUT2D eigenvalue weighted by Crippen LogP contribution is 2.66. The smallest absolute Gasteiger partial charge is 0.240 e. The lowest BCUT2D eigenvalue weighted by atomic mass is 9.84. The number of amidine groups is 1. The molecule has 3 heterocycles. The number of nitrogens with zero attached hydrogens (tertiary/aromatic N) is 4. The molecular formula is C29H23F2N5OS. The van der Waals surface area contributed by atoms with Gasteiger partial charge in [-0.2, -0.15) is 5.26 Å². The highest BCUT2D eigenvalue weighted by Gasteiger charge is 2.71. The van der Waals surface area contributed by atoms with Crippen molar-refractivity contribution >= 4 is 34.7 Å². The van der Waals surface area contributed by atoms with E-state index in [4.69, 9.17) is 11.0 Å². The number of nitriles is 1. The summed E-state index contributed by atoms with van der Waals surface area (Å²) >= 11 is 1.27. The van der Waals surface area contributed by atoms with E-state index in [2.05, 4.69) is 9.98 Å². The van der Waals surface area contributed by atoms with Gasteiger partial charge in [-0.05, 0) is 60.4 Å². The lowest BCUT2D eigenvalue weighted by molar-refractivity contribution is -0.132. The molecule has 0 bridgehead atoms. The molecule has 38 heavy (non-hydrogen) atoms. The van der Waals surface area contributed by atoms with Crippen LogP contribution >= 0.6 is 11.8 Å². The molecule has 6 nitrogen and oxygen atoms in total. The number of pyridine rings is 1. The van der Waals surface area contributed by atoms with Crippen molar-refractivity contribution in [2.75, 3.05) is 0 Å². The Morgan fingerprint density at radius 2 is 1.95 bits per heavy atom. The number of aliphatic imine (C=N–C) groups is 1. The number of fused-ring (bicyclic) bond motifs is 2. The van der Waals surface area contributed by atoms with Crippen molar-refractivity contribution in [3.05, 3.63) is 100 Å². The van der Waals surface area contributed by atoms with Crippen molar-refractivity contribution in [3.8, 4) is 6.07 Å². The molecule has 2 aliphatic heterocycles. The zero-order valence-electron chi connectivity index (χ0n) is 20.5. The first-order valence-electron chi connectivity index (χ1n) is 12.2. The molecule has 9 heteroatoms. The zero-order chi connectivity index (χ0) is 26.7. The average molecular weight is 528 g/mol. The second-order valence-corrected chi connectivity index (χ2v) is 11.4. The third kappa shape index (κ3) is 3.87. The lowest BCUT2D eigenvalue weighted by Crippen LogP contribution is -2.44. The molecule has 6 rings (SSSR count). The molecule has 1 aromatic heterocycles. The van der Waals surface area contributed by atoms with Gasteiger partial charge in [0.1, 0.15) is 22.5 Å². The summed E-state index contributed by atoms with van der Waals surface area (Å²) in [6, 6.07) is 17.1. The summed E-state index contributed by atoms with van der Waals surface area (Å²) in [7, 11) is 0. The van der Waals surface area contributed by atoms with Gasteiger partial charge in [-0.25, -0.2) is 8.78 Å². The number of nitrogens with two attached hydrogens (primary N) is 1. The Balaban J connectivity index is 1.31. The first-order chi connectivity index (χ1) is 18.2. The van der Waals surface area contributed by atoms with Crippen molar-refractivity contribution in [1.82, 2.24) is 9.88 Å². The summed E-state index contributed by atoms with van der Waals surface area (Å²) in [4.78, 5) is 24.3. The summed E-state index contributed by atoms with van der Waals surface area (Å²) in [5, 5.41) is 9.16. The Morgan fingerprint density at radius 3 is 2.61 bits per heavy atom. The third-order valence-corrected chi connectivity index (χ3v) is 8.96. The van der Waals surface area contributed by atoms with Crippen LogP contribution in [0.3, 0.4) is 0 Å². The van der Waals surface area contributed by atoms with Crippen LogP contribution in [-0.4, -0.2) is 25.7 Å². The molecule has 0 unspecified atom stereocenters. The Labute approximate surface area is 222 Å². The quantitative estimate of drug-likeness (QED) is 0.507. The largest absolute Gasteiger partial charge is 0.378 e. The monoisotopic (exact) mass is 527 g/mol. The summed E-state index contributed by atoms with van der Waals surface area (Å²) in [5.41, 5.74) is 8.50. The number of halogens is 2. The molecule has 0 radical (unpaired) electrons. The van der Waals surface area contributed by atoms with E-state index in [1.54, 1.807) is 13.0 Å². The Bertz CT molecular complexity index is 1560. The average Bonchev–Trinajstić information content (AvgIpc) is 3.51. The first-order valence-corrected chi connectivity index (χ1v) is 13.0. The van der Waals surface area contributed by atoms with E-state index in [1.165, 1.54) is 48.3 Å². The van der Waals surface area contributed by atoms with Crippen molar-refractivity contribution in [3.63, 3.8) is 0 Å². The van der Waals surface area contributed by atoms with Gasteiger partial charge in [0.05, 0.1) is 16.8 Å². The minimum Gasteiger partial charge on any atom is -0.378 e. The number of hydrogen-bond donors (Lipinski definition) is 1. The highest BCUT2D eigenvalue weighted by atomic mass is 32.2. The van der Waals surface area contributed by atoms with E-state index in [0.29, 0.717) is 30.6 Å². The molecule has 190 valence electrons. The normalized spacial score (nSPS) is 25.7.